The summed E-state index contributed by atoms with van der Waals surface area (Å²) in [6, 6.07) is 0. The van der Waals surface area contributed by atoms with Crippen LogP contribution in [0.4, 0.5) is 0 Å². The van der Waals surface area contributed by atoms with E-state index < -0.39 is 5.97 Å². The van der Waals surface area contributed by atoms with Gasteiger partial charge in [-0.2, -0.15) is 0 Å². The molecule has 0 amide bonds. The molecule has 0 aromatic heterocycles. The molecule has 0 heterocycles. The lowest BCUT2D eigenvalue weighted by atomic mass is 10.1. The molecule has 0 unspecified atom stereocenters. The molecule has 0 bridgehead atoms. The summed E-state index contributed by atoms with van der Waals surface area (Å²) in [5, 5.41) is 8.37. The number of aliphatic carboxylic acids is 1. The number of carboxylic acid groups (broad SMARTS) is 1. The van der Waals surface area contributed by atoms with Crippen molar-refractivity contribution >= 4 is 11.9 Å². The quantitative estimate of drug-likeness (QED) is 0.712. The van der Waals surface area contributed by atoms with E-state index in [2.05, 4.69) is 4.74 Å². The van der Waals surface area contributed by atoms with E-state index in [1.807, 2.05) is 13.8 Å². The van der Waals surface area contributed by atoms with E-state index in [9.17, 15) is 9.59 Å². The average molecular weight is 204 g/mol. The van der Waals surface area contributed by atoms with Gasteiger partial charge in [0.1, 0.15) is 0 Å². The summed E-state index contributed by atoms with van der Waals surface area (Å²) >= 11 is 0. The highest BCUT2D eigenvalue weighted by Crippen LogP contribution is 2.05. The van der Waals surface area contributed by atoms with Gasteiger partial charge < -0.3 is 9.84 Å². The zero-order chi connectivity index (χ0) is 11.6. The van der Waals surface area contributed by atoms with E-state index in [-0.39, 0.29) is 11.9 Å². The molecule has 0 spiro atoms. The topological polar surface area (TPSA) is 63.6 Å². The van der Waals surface area contributed by atoms with Crippen LogP contribution in [0.3, 0.4) is 0 Å². The van der Waals surface area contributed by atoms with Gasteiger partial charge in [-0.15, -0.1) is 0 Å². The molecule has 0 rings (SSSR count). The zero-order valence-corrected chi connectivity index (χ0v) is 9.37. The number of carboxylic acids is 1. The largest absolute Gasteiger partial charge is 0.481 e. The highest BCUT2D eigenvalue weighted by molar-refractivity contribution is 5.69. The van der Waals surface area contributed by atoms with Crippen molar-refractivity contribution in [2.24, 2.45) is 5.92 Å². The normalized spacial score (nSPS) is 8.93. The van der Waals surface area contributed by atoms with Gasteiger partial charge in [0.05, 0.1) is 12.5 Å². The molecule has 0 aliphatic heterocycles. The van der Waals surface area contributed by atoms with Crippen LogP contribution >= 0.6 is 0 Å². The molecular formula is C10H20O4. The molecule has 0 fully saturated rings. The fourth-order valence-electron chi connectivity index (χ4n) is 0.841. The molecule has 4 heteroatoms. The molecule has 0 radical (unpaired) electrons. The number of esters is 1. The van der Waals surface area contributed by atoms with Gasteiger partial charge in [-0.1, -0.05) is 13.8 Å². The first-order chi connectivity index (χ1) is 6.49. The van der Waals surface area contributed by atoms with Crippen molar-refractivity contribution in [2.75, 3.05) is 6.61 Å². The van der Waals surface area contributed by atoms with E-state index >= 15 is 0 Å². The van der Waals surface area contributed by atoms with E-state index in [4.69, 9.17) is 5.11 Å². The van der Waals surface area contributed by atoms with Crippen molar-refractivity contribution in [1.82, 2.24) is 0 Å². The third kappa shape index (κ3) is 10.9. The minimum Gasteiger partial charge on any atom is -0.481 e. The maximum absolute atomic E-state index is 10.2. The summed E-state index contributed by atoms with van der Waals surface area (Å²) in [5.41, 5.74) is 0. The van der Waals surface area contributed by atoms with Gasteiger partial charge in [0.25, 0.3) is 0 Å². The summed E-state index contributed by atoms with van der Waals surface area (Å²) in [5.74, 6) is -1.01. The number of rotatable bonds is 4. The SMILES string of the molecule is CCC(CC)C(=O)O.CCOC(C)=O. The summed E-state index contributed by atoms with van der Waals surface area (Å²) in [6.07, 6.45) is 1.48. The maximum Gasteiger partial charge on any atom is 0.306 e. The number of ether oxygens (including phenoxy) is 1. The molecule has 0 saturated carbocycles. The summed E-state index contributed by atoms with van der Waals surface area (Å²) in [7, 11) is 0. The highest BCUT2D eigenvalue weighted by atomic mass is 16.5. The number of carbonyl (C=O) groups excluding carboxylic acids is 1. The molecule has 0 aliphatic carbocycles. The minimum absolute atomic E-state index is 0.130. The summed E-state index contributed by atoms with van der Waals surface area (Å²) < 4.78 is 4.40. The van der Waals surface area contributed by atoms with Gasteiger partial charge in [-0.3, -0.25) is 9.59 Å². The average Bonchev–Trinajstić information content (AvgIpc) is 2.06. The van der Waals surface area contributed by atoms with Crippen molar-refractivity contribution in [1.29, 1.82) is 0 Å². The van der Waals surface area contributed by atoms with Gasteiger partial charge in [-0.05, 0) is 19.8 Å². The smallest absolute Gasteiger partial charge is 0.306 e. The first-order valence-corrected chi connectivity index (χ1v) is 4.85. The second-order valence-corrected chi connectivity index (χ2v) is 2.78. The van der Waals surface area contributed by atoms with Gasteiger partial charge in [0.2, 0.25) is 0 Å². The highest BCUT2D eigenvalue weighted by Gasteiger charge is 2.10. The fraction of sp³-hybridized carbons (Fsp3) is 0.800. The molecule has 84 valence electrons. The minimum atomic E-state index is -0.671. The molecule has 0 saturated heterocycles. The maximum atomic E-state index is 10.2. The van der Waals surface area contributed by atoms with Crippen LogP contribution in [-0.4, -0.2) is 23.7 Å². The van der Waals surface area contributed by atoms with Crippen LogP contribution in [0.2, 0.25) is 0 Å². The first kappa shape index (κ1) is 15.4. The van der Waals surface area contributed by atoms with Crippen molar-refractivity contribution < 1.29 is 19.4 Å². The van der Waals surface area contributed by atoms with Crippen LogP contribution < -0.4 is 0 Å². The lowest BCUT2D eigenvalue weighted by Gasteiger charge is -2.02. The molecule has 0 aromatic carbocycles. The third-order valence-corrected chi connectivity index (χ3v) is 1.68. The summed E-state index contributed by atoms with van der Waals surface area (Å²) in [6.45, 7) is 7.44. The zero-order valence-electron chi connectivity index (χ0n) is 9.37. The van der Waals surface area contributed by atoms with E-state index in [0.717, 1.165) is 12.8 Å². The Morgan fingerprint density at radius 1 is 1.21 bits per heavy atom. The third-order valence-electron chi connectivity index (χ3n) is 1.68. The molecule has 0 aromatic rings. The van der Waals surface area contributed by atoms with Crippen LogP contribution in [0, 0.1) is 5.92 Å². The molecule has 1 N–H and O–H groups in total. The Kier molecular flexibility index (Phi) is 11.0. The Bertz CT molecular complexity index is 162. The second kappa shape index (κ2) is 10.0. The predicted molar refractivity (Wildman–Crippen MR) is 54.0 cm³/mol. The van der Waals surface area contributed by atoms with Crippen LogP contribution in [0.25, 0.3) is 0 Å². The Labute approximate surface area is 85.3 Å². The molecule has 0 aliphatic rings. The monoisotopic (exact) mass is 204 g/mol. The van der Waals surface area contributed by atoms with Crippen molar-refractivity contribution in [3.63, 3.8) is 0 Å². The number of hydrogen-bond donors (Lipinski definition) is 1. The van der Waals surface area contributed by atoms with Crippen LogP contribution in [0.15, 0.2) is 0 Å². The van der Waals surface area contributed by atoms with E-state index in [1.54, 1.807) is 6.92 Å². The Hall–Kier alpha value is -1.06. The van der Waals surface area contributed by atoms with Crippen LogP contribution in [0.5, 0.6) is 0 Å². The fourth-order valence-corrected chi connectivity index (χ4v) is 0.841. The van der Waals surface area contributed by atoms with E-state index in [0.29, 0.717) is 6.61 Å². The van der Waals surface area contributed by atoms with E-state index in [1.165, 1.54) is 6.92 Å². The molecule has 0 atom stereocenters. The van der Waals surface area contributed by atoms with Gasteiger partial charge in [-0.25, -0.2) is 0 Å². The van der Waals surface area contributed by atoms with Gasteiger partial charge in [0.15, 0.2) is 0 Å². The number of carbonyl (C=O) groups is 2. The molecule has 14 heavy (non-hydrogen) atoms. The van der Waals surface area contributed by atoms with Crippen LogP contribution in [-0.2, 0) is 14.3 Å². The summed E-state index contributed by atoms with van der Waals surface area (Å²) in [4.78, 5) is 20.0. The molecule has 4 nitrogen and oxygen atoms in total. The Morgan fingerprint density at radius 3 is 1.64 bits per heavy atom. The first-order valence-electron chi connectivity index (χ1n) is 4.85. The molecular weight excluding hydrogens is 184 g/mol. The second-order valence-electron chi connectivity index (χ2n) is 2.78. The van der Waals surface area contributed by atoms with Gasteiger partial charge >= 0.3 is 11.9 Å². The van der Waals surface area contributed by atoms with Crippen molar-refractivity contribution in [3.8, 4) is 0 Å². The lowest BCUT2D eigenvalue weighted by Crippen LogP contribution is -2.10. The number of hydrogen-bond acceptors (Lipinski definition) is 3. The lowest BCUT2D eigenvalue weighted by molar-refractivity contribution is -0.142. The standard InChI is InChI=1S/C6H12O2.C4H8O2/c1-3-5(4-2)6(7)8;1-3-6-4(2)5/h5H,3-4H2,1-2H3,(H,7,8);3H2,1-2H3. The van der Waals surface area contributed by atoms with Crippen LogP contribution in [0.1, 0.15) is 40.5 Å². The Balaban J connectivity index is 0. The van der Waals surface area contributed by atoms with Crippen molar-refractivity contribution in [2.45, 2.75) is 40.5 Å². The Morgan fingerprint density at radius 2 is 1.64 bits per heavy atom. The predicted octanol–water partition coefficient (Wildman–Crippen LogP) is 2.08. The van der Waals surface area contributed by atoms with Gasteiger partial charge in [0, 0.05) is 6.92 Å². The van der Waals surface area contributed by atoms with Crippen molar-refractivity contribution in [3.05, 3.63) is 0 Å².